The minimum Gasteiger partial charge on any atom is -0.444 e. The molecule has 2 rings (SSSR count). The maximum atomic E-state index is 13.7. The van der Waals surface area contributed by atoms with Gasteiger partial charge in [0, 0.05) is 12.6 Å². The summed E-state index contributed by atoms with van der Waals surface area (Å²) in [5.74, 6) is -0.647. The minimum atomic E-state index is -0.888. The van der Waals surface area contributed by atoms with Gasteiger partial charge >= 0.3 is 6.09 Å². The first-order valence-electron chi connectivity index (χ1n) is 12.0. The van der Waals surface area contributed by atoms with Crippen molar-refractivity contribution in [2.75, 3.05) is 0 Å². The van der Waals surface area contributed by atoms with E-state index in [9.17, 15) is 14.4 Å². The van der Waals surface area contributed by atoms with Crippen LogP contribution in [0.2, 0.25) is 0 Å². The van der Waals surface area contributed by atoms with Crippen LogP contribution in [0.5, 0.6) is 0 Å². The molecular formula is C28H39N3O4. The SMILES string of the molecule is Cc1cccc(C)c1C(C(=O)NCc1ccccc1)N(C(=O)C(C)NC(=O)OC(C)(C)C)C(C)C. The van der Waals surface area contributed by atoms with Gasteiger partial charge in [-0.1, -0.05) is 48.5 Å². The summed E-state index contributed by atoms with van der Waals surface area (Å²) in [4.78, 5) is 41.2. The highest BCUT2D eigenvalue weighted by atomic mass is 16.6. The van der Waals surface area contributed by atoms with Crippen molar-refractivity contribution in [3.05, 3.63) is 70.8 Å². The van der Waals surface area contributed by atoms with Crippen molar-refractivity contribution in [1.29, 1.82) is 0 Å². The van der Waals surface area contributed by atoms with E-state index in [1.165, 1.54) is 0 Å². The summed E-state index contributed by atoms with van der Waals surface area (Å²) >= 11 is 0. The van der Waals surface area contributed by atoms with Crippen molar-refractivity contribution in [3.63, 3.8) is 0 Å². The maximum Gasteiger partial charge on any atom is 0.408 e. The number of carbonyl (C=O) groups excluding carboxylic acids is 3. The summed E-state index contributed by atoms with van der Waals surface area (Å²) < 4.78 is 5.32. The van der Waals surface area contributed by atoms with Crippen molar-refractivity contribution in [1.82, 2.24) is 15.5 Å². The molecule has 2 aromatic rings. The van der Waals surface area contributed by atoms with Crippen LogP contribution in [0.15, 0.2) is 48.5 Å². The Balaban J connectivity index is 2.41. The summed E-state index contributed by atoms with van der Waals surface area (Å²) in [6, 6.07) is 13.4. The molecule has 7 heteroatoms. The molecule has 0 aliphatic rings. The molecule has 0 saturated heterocycles. The Morgan fingerprint density at radius 3 is 2.00 bits per heavy atom. The van der Waals surface area contributed by atoms with Crippen LogP contribution in [0.25, 0.3) is 0 Å². The Kier molecular flexibility index (Phi) is 9.46. The van der Waals surface area contributed by atoms with Gasteiger partial charge in [-0.25, -0.2) is 4.79 Å². The highest BCUT2D eigenvalue weighted by molar-refractivity contribution is 5.92. The molecule has 0 aromatic heterocycles. The van der Waals surface area contributed by atoms with Gasteiger partial charge in [0.25, 0.3) is 0 Å². The van der Waals surface area contributed by atoms with Crippen LogP contribution in [0.4, 0.5) is 4.79 Å². The molecule has 2 N–H and O–H groups in total. The molecule has 0 saturated carbocycles. The standard InChI is InChI=1S/C28H39N3O4/c1-18(2)31(26(33)21(5)30-27(34)35-28(6,7)8)24(23-19(3)13-12-14-20(23)4)25(32)29-17-22-15-10-9-11-16-22/h9-16,18,21,24H,17H2,1-8H3,(H,29,32)(H,30,34). The number of carbonyl (C=O) groups is 3. The third-order valence-corrected chi connectivity index (χ3v) is 5.57. The smallest absolute Gasteiger partial charge is 0.408 e. The number of nitrogens with one attached hydrogen (secondary N) is 2. The zero-order chi connectivity index (χ0) is 26.3. The van der Waals surface area contributed by atoms with Gasteiger partial charge in [-0.2, -0.15) is 0 Å². The van der Waals surface area contributed by atoms with E-state index >= 15 is 0 Å². The van der Waals surface area contributed by atoms with Crippen molar-refractivity contribution < 1.29 is 19.1 Å². The summed E-state index contributed by atoms with van der Waals surface area (Å²) in [5.41, 5.74) is 2.88. The van der Waals surface area contributed by atoms with Crippen LogP contribution in [-0.4, -0.2) is 40.5 Å². The molecular weight excluding hydrogens is 442 g/mol. The van der Waals surface area contributed by atoms with E-state index < -0.39 is 23.8 Å². The van der Waals surface area contributed by atoms with E-state index in [0.29, 0.717) is 6.54 Å². The van der Waals surface area contributed by atoms with E-state index in [1.807, 2.05) is 76.2 Å². The first-order chi connectivity index (χ1) is 16.3. The predicted octanol–water partition coefficient (Wildman–Crippen LogP) is 4.81. The number of ether oxygens (including phenoxy) is 1. The van der Waals surface area contributed by atoms with Gasteiger partial charge < -0.3 is 20.3 Å². The number of hydrogen-bond acceptors (Lipinski definition) is 4. The van der Waals surface area contributed by atoms with Gasteiger partial charge in [0.1, 0.15) is 17.7 Å². The molecule has 0 spiro atoms. The second kappa shape index (κ2) is 11.9. The molecule has 2 atom stereocenters. The van der Waals surface area contributed by atoms with Crippen LogP contribution in [-0.2, 0) is 20.9 Å². The molecule has 3 amide bonds. The second-order valence-corrected chi connectivity index (χ2v) is 10.1. The fourth-order valence-electron chi connectivity index (χ4n) is 3.99. The van der Waals surface area contributed by atoms with Crippen LogP contribution >= 0.6 is 0 Å². The quantitative estimate of drug-likeness (QED) is 0.566. The lowest BCUT2D eigenvalue weighted by Crippen LogP contribution is -2.54. The topological polar surface area (TPSA) is 87.7 Å². The number of nitrogens with zero attached hydrogens (tertiary/aromatic N) is 1. The fourth-order valence-corrected chi connectivity index (χ4v) is 3.99. The summed E-state index contributed by atoms with van der Waals surface area (Å²) in [7, 11) is 0. The van der Waals surface area contributed by atoms with E-state index in [0.717, 1.165) is 22.3 Å². The van der Waals surface area contributed by atoms with Gasteiger partial charge in [-0.3, -0.25) is 9.59 Å². The van der Waals surface area contributed by atoms with Gasteiger partial charge in [-0.15, -0.1) is 0 Å². The first-order valence-corrected chi connectivity index (χ1v) is 12.0. The molecule has 0 heterocycles. The Hall–Kier alpha value is -3.35. The fraction of sp³-hybridized carbons (Fsp3) is 0.464. The average Bonchev–Trinajstić information content (AvgIpc) is 2.75. The largest absolute Gasteiger partial charge is 0.444 e. The number of amides is 3. The molecule has 0 aliphatic carbocycles. The molecule has 35 heavy (non-hydrogen) atoms. The lowest BCUT2D eigenvalue weighted by atomic mass is 9.93. The second-order valence-electron chi connectivity index (χ2n) is 10.1. The highest BCUT2D eigenvalue weighted by Crippen LogP contribution is 2.30. The first kappa shape index (κ1) is 27.9. The van der Waals surface area contributed by atoms with Crippen LogP contribution in [0.1, 0.15) is 69.8 Å². The van der Waals surface area contributed by atoms with Gasteiger partial charge in [0.2, 0.25) is 11.8 Å². The van der Waals surface area contributed by atoms with Crippen LogP contribution in [0.3, 0.4) is 0 Å². The van der Waals surface area contributed by atoms with Crippen molar-refractivity contribution in [2.24, 2.45) is 0 Å². The molecule has 7 nitrogen and oxygen atoms in total. The average molecular weight is 482 g/mol. The van der Waals surface area contributed by atoms with Crippen LogP contribution < -0.4 is 10.6 Å². The Labute approximate surface area is 209 Å². The Bertz CT molecular complexity index is 1010. The molecule has 2 aromatic carbocycles. The molecule has 0 radical (unpaired) electrons. The highest BCUT2D eigenvalue weighted by Gasteiger charge is 2.37. The van der Waals surface area contributed by atoms with Gasteiger partial charge in [0.15, 0.2) is 0 Å². The van der Waals surface area contributed by atoms with E-state index in [2.05, 4.69) is 10.6 Å². The summed E-state index contributed by atoms with van der Waals surface area (Å²) in [6.07, 6.45) is -0.681. The lowest BCUT2D eigenvalue weighted by molar-refractivity contribution is -0.144. The van der Waals surface area contributed by atoms with E-state index in [-0.39, 0.29) is 17.9 Å². The van der Waals surface area contributed by atoms with Gasteiger partial charge in [0.05, 0.1) is 0 Å². The monoisotopic (exact) mass is 481 g/mol. The Morgan fingerprint density at radius 1 is 0.914 bits per heavy atom. The molecule has 2 unspecified atom stereocenters. The normalized spacial score (nSPS) is 13.1. The number of rotatable bonds is 8. The summed E-state index contributed by atoms with van der Waals surface area (Å²) in [6.45, 7) is 14.8. The number of hydrogen-bond donors (Lipinski definition) is 2. The van der Waals surface area contributed by atoms with Gasteiger partial charge in [-0.05, 0) is 77.6 Å². The van der Waals surface area contributed by atoms with Crippen molar-refractivity contribution in [3.8, 4) is 0 Å². The zero-order valence-electron chi connectivity index (χ0n) is 22.1. The van der Waals surface area contributed by atoms with Crippen LogP contribution in [0, 0.1) is 13.8 Å². The molecule has 190 valence electrons. The number of aryl methyl sites for hydroxylation is 2. The van der Waals surface area contributed by atoms with E-state index in [4.69, 9.17) is 4.74 Å². The lowest BCUT2D eigenvalue weighted by Gasteiger charge is -2.37. The zero-order valence-corrected chi connectivity index (χ0v) is 22.1. The number of alkyl carbamates (subject to hydrolysis) is 1. The van der Waals surface area contributed by atoms with E-state index in [1.54, 1.807) is 32.6 Å². The maximum absolute atomic E-state index is 13.7. The Morgan fingerprint density at radius 2 is 1.49 bits per heavy atom. The minimum absolute atomic E-state index is 0.280. The number of benzene rings is 2. The third-order valence-electron chi connectivity index (χ3n) is 5.57. The molecule has 0 fully saturated rings. The molecule has 0 bridgehead atoms. The predicted molar refractivity (Wildman–Crippen MR) is 138 cm³/mol. The third kappa shape index (κ3) is 7.84. The summed E-state index contributed by atoms with van der Waals surface area (Å²) in [5, 5.41) is 5.63. The van der Waals surface area contributed by atoms with Crippen molar-refractivity contribution >= 4 is 17.9 Å². The molecule has 0 aliphatic heterocycles. The van der Waals surface area contributed by atoms with Crippen molar-refractivity contribution in [2.45, 2.75) is 85.7 Å².